The highest BCUT2D eigenvalue weighted by Crippen LogP contribution is 2.18. The van der Waals surface area contributed by atoms with E-state index in [4.69, 9.17) is 0 Å². The number of allylic oxidation sites excluding steroid dienone is 2. The summed E-state index contributed by atoms with van der Waals surface area (Å²) in [6, 6.07) is 13.0. The monoisotopic (exact) mass is 341 g/mol. The third-order valence-electron chi connectivity index (χ3n) is 3.21. The summed E-state index contributed by atoms with van der Waals surface area (Å²) in [4.78, 5) is 23.1. The quantitative estimate of drug-likeness (QED) is 0.275. The minimum absolute atomic E-state index is 0.0774. The number of rotatable bonds is 6. The number of non-ortho nitro benzene ring substituents is 1. The van der Waals surface area contributed by atoms with Gasteiger partial charge in [0, 0.05) is 28.7 Å². The minimum atomic E-state index is -0.527. The predicted molar refractivity (Wildman–Crippen MR) is 96.0 cm³/mol. The number of benzene rings is 2. The SMILES string of the molecule is CSc1ccc(/C=C/C(=O)/C=C(\O)c2ccc([N+](=O)[O-])cc2)cc1. The van der Waals surface area contributed by atoms with E-state index in [9.17, 15) is 20.0 Å². The molecule has 2 aromatic rings. The normalized spacial score (nSPS) is 11.6. The maximum Gasteiger partial charge on any atom is 0.269 e. The predicted octanol–water partition coefficient (Wildman–Crippen LogP) is 4.50. The number of carbonyl (C=O) groups excluding carboxylic acids is 1. The van der Waals surface area contributed by atoms with Crippen molar-refractivity contribution in [3.63, 3.8) is 0 Å². The highest BCUT2D eigenvalue weighted by atomic mass is 32.2. The zero-order valence-corrected chi connectivity index (χ0v) is 13.7. The van der Waals surface area contributed by atoms with Crippen LogP contribution in [0.25, 0.3) is 11.8 Å². The van der Waals surface area contributed by atoms with E-state index in [2.05, 4.69) is 0 Å². The van der Waals surface area contributed by atoms with E-state index < -0.39 is 4.92 Å². The molecule has 0 aromatic heterocycles. The maximum atomic E-state index is 11.9. The van der Waals surface area contributed by atoms with Crippen molar-refractivity contribution in [1.29, 1.82) is 0 Å². The standard InChI is InChI=1S/C18H15NO4S/c1-24-17-10-3-13(4-11-17)2-9-16(20)12-18(21)14-5-7-15(8-6-14)19(22)23/h2-12,21H,1H3/b9-2+,18-12-. The van der Waals surface area contributed by atoms with Gasteiger partial charge < -0.3 is 5.11 Å². The first-order chi connectivity index (χ1) is 11.5. The molecular formula is C18H15NO4S. The van der Waals surface area contributed by atoms with Crippen LogP contribution in [-0.2, 0) is 4.79 Å². The molecule has 0 radical (unpaired) electrons. The van der Waals surface area contributed by atoms with Gasteiger partial charge in [-0.15, -0.1) is 11.8 Å². The Hall–Kier alpha value is -2.86. The molecule has 0 fully saturated rings. The maximum absolute atomic E-state index is 11.9. The molecule has 2 rings (SSSR count). The van der Waals surface area contributed by atoms with Gasteiger partial charge in [-0.1, -0.05) is 18.2 Å². The topological polar surface area (TPSA) is 80.4 Å². The van der Waals surface area contributed by atoms with Gasteiger partial charge in [-0.2, -0.15) is 0 Å². The Labute approximate surface area is 143 Å². The summed E-state index contributed by atoms with van der Waals surface area (Å²) < 4.78 is 0. The number of aliphatic hydroxyl groups excluding tert-OH is 1. The summed E-state index contributed by atoms with van der Waals surface area (Å²) in [6.07, 6.45) is 6.08. The second-order valence-electron chi connectivity index (χ2n) is 4.84. The summed E-state index contributed by atoms with van der Waals surface area (Å²) in [7, 11) is 0. The molecule has 0 saturated carbocycles. The Morgan fingerprint density at radius 2 is 1.75 bits per heavy atom. The third-order valence-corrected chi connectivity index (χ3v) is 3.95. The lowest BCUT2D eigenvalue weighted by Crippen LogP contribution is -1.92. The molecule has 122 valence electrons. The van der Waals surface area contributed by atoms with Crippen molar-refractivity contribution in [3.8, 4) is 0 Å². The van der Waals surface area contributed by atoms with Gasteiger partial charge in [0.15, 0.2) is 5.78 Å². The second kappa shape index (κ2) is 8.12. The molecule has 0 bridgehead atoms. The molecule has 0 heterocycles. The van der Waals surface area contributed by atoms with Gasteiger partial charge >= 0.3 is 0 Å². The minimum Gasteiger partial charge on any atom is -0.507 e. The van der Waals surface area contributed by atoms with E-state index in [0.717, 1.165) is 16.5 Å². The van der Waals surface area contributed by atoms with Gasteiger partial charge in [0.25, 0.3) is 5.69 Å². The van der Waals surface area contributed by atoms with Crippen LogP contribution < -0.4 is 0 Å². The van der Waals surface area contributed by atoms with Crippen LogP contribution in [0.5, 0.6) is 0 Å². The van der Waals surface area contributed by atoms with Crippen molar-refractivity contribution in [3.05, 3.63) is 81.9 Å². The van der Waals surface area contributed by atoms with Crippen LogP contribution in [0.1, 0.15) is 11.1 Å². The number of aliphatic hydroxyl groups is 1. The number of ketones is 1. The average molecular weight is 341 g/mol. The van der Waals surface area contributed by atoms with Crippen molar-refractivity contribution < 1.29 is 14.8 Å². The zero-order valence-electron chi connectivity index (χ0n) is 12.9. The van der Waals surface area contributed by atoms with Gasteiger partial charge in [-0.3, -0.25) is 14.9 Å². The Kier molecular flexibility index (Phi) is 5.92. The smallest absolute Gasteiger partial charge is 0.269 e. The van der Waals surface area contributed by atoms with Gasteiger partial charge in [-0.05, 0) is 42.2 Å². The van der Waals surface area contributed by atoms with Gasteiger partial charge in [-0.25, -0.2) is 0 Å². The number of hydrogen-bond acceptors (Lipinski definition) is 5. The number of nitrogens with zero attached hydrogens (tertiary/aromatic N) is 1. The van der Waals surface area contributed by atoms with E-state index in [1.165, 1.54) is 30.3 Å². The molecule has 24 heavy (non-hydrogen) atoms. The van der Waals surface area contributed by atoms with Crippen LogP contribution in [0.3, 0.4) is 0 Å². The summed E-state index contributed by atoms with van der Waals surface area (Å²) in [6.45, 7) is 0. The molecule has 0 aliphatic carbocycles. The molecule has 0 atom stereocenters. The molecule has 0 saturated heterocycles. The third kappa shape index (κ3) is 4.82. The number of hydrogen-bond donors (Lipinski definition) is 1. The van der Waals surface area contributed by atoms with Crippen LogP contribution in [0.15, 0.2) is 65.6 Å². The Balaban J connectivity index is 2.06. The zero-order chi connectivity index (χ0) is 17.5. The molecule has 0 spiro atoms. The summed E-state index contributed by atoms with van der Waals surface area (Å²) in [5, 5.41) is 20.5. The van der Waals surface area contributed by atoms with Crippen LogP contribution in [0.4, 0.5) is 5.69 Å². The van der Waals surface area contributed by atoms with Gasteiger partial charge in [0.2, 0.25) is 0 Å². The molecule has 0 aliphatic rings. The summed E-state index contributed by atoms with van der Waals surface area (Å²) in [5.41, 5.74) is 1.14. The van der Waals surface area contributed by atoms with Crippen molar-refractivity contribution in [1.82, 2.24) is 0 Å². The van der Waals surface area contributed by atoms with Crippen molar-refractivity contribution in [2.75, 3.05) is 6.26 Å². The molecule has 5 nitrogen and oxygen atoms in total. The fraction of sp³-hybridized carbons (Fsp3) is 0.0556. The van der Waals surface area contributed by atoms with Crippen LogP contribution in [0, 0.1) is 10.1 Å². The van der Waals surface area contributed by atoms with E-state index in [1.807, 2.05) is 30.5 Å². The van der Waals surface area contributed by atoms with Crippen LogP contribution in [-0.4, -0.2) is 22.1 Å². The average Bonchev–Trinajstić information content (AvgIpc) is 2.60. The Bertz CT molecular complexity index is 793. The molecule has 1 N–H and O–H groups in total. The molecular weight excluding hydrogens is 326 g/mol. The first kappa shape index (κ1) is 17.5. The van der Waals surface area contributed by atoms with Gasteiger partial charge in [0.1, 0.15) is 5.76 Å². The van der Waals surface area contributed by atoms with Crippen LogP contribution >= 0.6 is 11.8 Å². The fourth-order valence-electron chi connectivity index (χ4n) is 1.91. The fourth-order valence-corrected chi connectivity index (χ4v) is 2.32. The van der Waals surface area contributed by atoms with E-state index in [-0.39, 0.29) is 17.2 Å². The van der Waals surface area contributed by atoms with Crippen LogP contribution in [0.2, 0.25) is 0 Å². The Morgan fingerprint density at radius 1 is 1.12 bits per heavy atom. The van der Waals surface area contributed by atoms with E-state index in [1.54, 1.807) is 17.8 Å². The largest absolute Gasteiger partial charge is 0.507 e. The van der Waals surface area contributed by atoms with Crippen molar-refractivity contribution >= 4 is 35.1 Å². The van der Waals surface area contributed by atoms with E-state index in [0.29, 0.717) is 5.56 Å². The van der Waals surface area contributed by atoms with Crippen molar-refractivity contribution in [2.45, 2.75) is 4.90 Å². The van der Waals surface area contributed by atoms with Crippen molar-refractivity contribution in [2.24, 2.45) is 0 Å². The molecule has 0 aliphatic heterocycles. The van der Waals surface area contributed by atoms with E-state index >= 15 is 0 Å². The second-order valence-corrected chi connectivity index (χ2v) is 5.72. The lowest BCUT2D eigenvalue weighted by Gasteiger charge is -1.99. The number of nitro groups is 1. The highest BCUT2D eigenvalue weighted by Gasteiger charge is 2.06. The first-order valence-corrected chi connectivity index (χ1v) is 8.23. The first-order valence-electron chi connectivity index (χ1n) is 7.01. The number of carbonyl (C=O) groups is 1. The highest BCUT2D eigenvalue weighted by molar-refractivity contribution is 7.98. The molecule has 2 aromatic carbocycles. The lowest BCUT2D eigenvalue weighted by atomic mass is 10.1. The molecule has 6 heteroatoms. The van der Waals surface area contributed by atoms with Gasteiger partial charge in [0.05, 0.1) is 4.92 Å². The number of thioether (sulfide) groups is 1. The molecule has 0 unspecified atom stereocenters. The summed E-state index contributed by atoms with van der Waals surface area (Å²) >= 11 is 1.63. The number of nitro benzene ring substituents is 1. The lowest BCUT2D eigenvalue weighted by molar-refractivity contribution is -0.384. The Morgan fingerprint density at radius 3 is 2.29 bits per heavy atom. The summed E-state index contributed by atoms with van der Waals surface area (Å²) in [5.74, 6) is -0.614. The molecule has 0 amide bonds.